The van der Waals surface area contributed by atoms with E-state index in [1.54, 1.807) is 6.08 Å². The van der Waals surface area contributed by atoms with Crippen molar-refractivity contribution in [2.24, 2.45) is 0 Å². The van der Waals surface area contributed by atoms with E-state index in [4.69, 9.17) is 4.74 Å². The van der Waals surface area contributed by atoms with Crippen molar-refractivity contribution in [3.63, 3.8) is 0 Å². The van der Waals surface area contributed by atoms with Gasteiger partial charge < -0.3 is 9.64 Å². The van der Waals surface area contributed by atoms with Crippen molar-refractivity contribution < 1.29 is 4.74 Å². The first-order valence-corrected chi connectivity index (χ1v) is 8.67. The van der Waals surface area contributed by atoms with Crippen LogP contribution in [0.15, 0.2) is 35.3 Å². The number of rotatable bonds is 11. The van der Waals surface area contributed by atoms with E-state index >= 15 is 0 Å². The van der Waals surface area contributed by atoms with E-state index < -0.39 is 0 Å². The number of nitrogens with zero attached hydrogens (tertiary/aromatic N) is 1. The van der Waals surface area contributed by atoms with Crippen molar-refractivity contribution in [2.75, 3.05) is 20.2 Å². The number of hydrogen-bond donors (Lipinski definition) is 0. The third kappa shape index (κ3) is 7.68. The van der Waals surface area contributed by atoms with Crippen LogP contribution in [-0.4, -0.2) is 25.1 Å². The molecule has 1 rings (SSSR count). The maximum Gasteiger partial charge on any atom is 0.133 e. The lowest BCUT2D eigenvalue weighted by atomic mass is 10.1. The molecule has 1 aromatic rings. The number of benzene rings is 1. The van der Waals surface area contributed by atoms with Crippen LogP contribution in [0.3, 0.4) is 0 Å². The molecule has 0 saturated heterocycles. The lowest BCUT2D eigenvalue weighted by molar-refractivity contribution is 0.316. The molecule has 0 N–H and O–H groups in total. The molecule has 118 valence electrons. The summed E-state index contributed by atoms with van der Waals surface area (Å²) < 4.78 is 6.58. The molecule has 0 bridgehead atoms. The number of halogens is 1. The highest BCUT2D eigenvalue weighted by atomic mass is 79.9. The average molecular weight is 354 g/mol. The van der Waals surface area contributed by atoms with Gasteiger partial charge in [-0.3, -0.25) is 0 Å². The van der Waals surface area contributed by atoms with Gasteiger partial charge in [0, 0.05) is 6.54 Å². The van der Waals surface area contributed by atoms with Gasteiger partial charge >= 0.3 is 0 Å². The quantitative estimate of drug-likeness (QED) is 0.389. The summed E-state index contributed by atoms with van der Waals surface area (Å²) >= 11 is 3.57. The highest BCUT2D eigenvalue weighted by Gasteiger charge is 2.05. The fourth-order valence-electron chi connectivity index (χ4n) is 2.28. The Labute approximate surface area is 138 Å². The van der Waals surface area contributed by atoms with Gasteiger partial charge in [-0.05, 0) is 53.6 Å². The molecule has 0 fully saturated rings. The van der Waals surface area contributed by atoms with Crippen molar-refractivity contribution in [1.82, 2.24) is 4.90 Å². The third-order valence-electron chi connectivity index (χ3n) is 3.45. The molecule has 0 heterocycles. The molecule has 0 aliphatic heterocycles. The van der Waals surface area contributed by atoms with Gasteiger partial charge in [0.15, 0.2) is 0 Å². The van der Waals surface area contributed by atoms with Crippen LogP contribution in [0.25, 0.3) is 0 Å². The minimum atomic E-state index is 0.537. The number of unbranched alkanes of at least 4 members (excludes halogenated alkanes) is 4. The van der Waals surface area contributed by atoms with Crippen LogP contribution in [0.4, 0.5) is 0 Å². The Balaban J connectivity index is 2.36. The zero-order valence-corrected chi connectivity index (χ0v) is 15.0. The van der Waals surface area contributed by atoms with Crippen molar-refractivity contribution in [3.8, 4) is 5.75 Å². The molecule has 21 heavy (non-hydrogen) atoms. The molecular formula is C18H28BrNO. The molecule has 3 heteroatoms. The van der Waals surface area contributed by atoms with Crippen molar-refractivity contribution in [3.05, 3.63) is 40.9 Å². The molecule has 1 aromatic carbocycles. The van der Waals surface area contributed by atoms with Gasteiger partial charge in [0.1, 0.15) is 12.4 Å². The van der Waals surface area contributed by atoms with Crippen LogP contribution in [0.5, 0.6) is 5.75 Å². The molecule has 0 radical (unpaired) electrons. The zero-order valence-electron chi connectivity index (χ0n) is 13.4. The fraction of sp³-hybridized carbons (Fsp3) is 0.556. The molecule has 0 aliphatic carbocycles. The Morgan fingerprint density at radius 2 is 2.00 bits per heavy atom. The Morgan fingerprint density at radius 1 is 1.24 bits per heavy atom. The largest absolute Gasteiger partial charge is 0.488 e. The van der Waals surface area contributed by atoms with Crippen LogP contribution < -0.4 is 4.74 Å². The lowest BCUT2D eigenvalue weighted by Gasteiger charge is -2.17. The second-order valence-electron chi connectivity index (χ2n) is 5.52. The molecule has 0 amide bonds. The van der Waals surface area contributed by atoms with E-state index in [9.17, 15) is 0 Å². The van der Waals surface area contributed by atoms with E-state index in [-0.39, 0.29) is 0 Å². The van der Waals surface area contributed by atoms with Gasteiger partial charge in [0.25, 0.3) is 0 Å². The van der Waals surface area contributed by atoms with E-state index in [1.807, 2.05) is 6.07 Å². The van der Waals surface area contributed by atoms with Crippen molar-refractivity contribution >= 4 is 15.9 Å². The van der Waals surface area contributed by atoms with Gasteiger partial charge in [0.2, 0.25) is 0 Å². The normalized spacial score (nSPS) is 10.9. The van der Waals surface area contributed by atoms with Gasteiger partial charge in [-0.25, -0.2) is 0 Å². The molecule has 2 nitrogen and oxygen atoms in total. The molecule has 0 atom stereocenters. The van der Waals surface area contributed by atoms with Gasteiger partial charge in [-0.2, -0.15) is 0 Å². The molecule has 0 saturated carbocycles. The number of ether oxygens (including phenoxy) is 1. The highest BCUT2D eigenvalue weighted by Crippen LogP contribution is 2.26. The maximum atomic E-state index is 5.57. The topological polar surface area (TPSA) is 12.5 Å². The molecule has 0 aromatic heterocycles. The molecule has 0 unspecified atom stereocenters. The fourth-order valence-corrected chi connectivity index (χ4v) is 2.83. The van der Waals surface area contributed by atoms with E-state index in [1.165, 1.54) is 37.7 Å². The van der Waals surface area contributed by atoms with Crippen LogP contribution >= 0.6 is 15.9 Å². The van der Waals surface area contributed by atoms with Crippen LogP contribution in [-0.2, 0) is 6.54 Å². The minimum Gasteiger partial charge on any atom is -0.488 e. The van der Waals surface area contributed by atoms with Crippen molar-refractivity contribution in [1.29, 1.82) is 0 Å². The summed E-state index contributed by atoms with van der Waals surface area (Å²) in [6.45, 7) is 8.60. The summed E-state index contributed by atoms with van der Waals surface area (Å²) in [5.41, 5.74) is 1.31. The van der Waals surface area contributed by atoms with E-state index in [2.05, 4.69) is 53.5 Å². The second kappa shape index (κ2) is 10.9. The van der Waals surface area contributed by atoms with Gasteiger partial charge in [0.05, 0.1) is 4.47 Å². The van der Waals surface area contributed by atoms with Gasteiger partial charge in [-0.15, -0.1) is 0 Å². The summed E-state index contributed by atoms with van der Waals surface area (Å²) in [6, 6.07) is 6.31. The lowest BCUT2D eigenvalue weighted by Crippen LogP contribution is -2.19. The van der Waals surface area contributed by atoms with Crippen LogP contribution in [0, 0.1) is 0 Å². The average Bonchev–Trinajstić information content (AvgIpc) is 2.46. The maximum absolute atomic E-state index is 5.57. The smallest absolute Gasteiger partial charge is 0.133 e. The monoisotopic (exact) mass is 353 g/mol. The van der Waals surface area contributed by atoms with Crippen molar-refractivity contribution in [2.45, 2.75) is 45.6 Å². The summed E-state index contributed by atoms with van der Waals surface area (Å²) in [7, 11) is 2.19. The SMILES string of the molecule is C=CCOc1ccc(CN(C)CCCCCCC)cc1Br. The highest BCUT2D eigenvalue weighted by molar-refractivity contribution is 9.10. The predicted molar refractivity (Wildman–Crippen MR) is 94.9 cm³/mol. The first-order chi connectivity index (χ1) is 10.2. The summed E-state index contributed by atoms with van der Waals surface area (Å²) in [5.74, 6) is 0.876. The Kier molecular flexibility index (Phi) is 9.44. The number of hydrogen-bond acceptors (Lipinski definition) is 2. The Morgan fingerprint density at radius 3 is 2.67 bits per heavy atom. The Bertz CT molecular complexity index is 420. The summed E-state index contributed by atoms with van der Waals surface area (Å²) in [4.78, 5) is 2.39. The Hall–Kier alpha value is -0.800. The van der Waals surface area contributed by atoms with Gasteiger partial charge in [-0.1, -0.05) is 51.3 Å². The van der Waals surface area contributed by atoms with E-state index in [0.29, 0.717) is 6.61 Å². The minimum absolute atomic E-state index is 0.537. The zero-order chi connectivity index (χ0) is 15.5. The first-order valence-electron chi connectivity index (χ1n) is 7.88. The third-order valence-corrected chi connectivity index (χ3v) is 4.07. The summed E-state index contributed by atoms with van der Waals surface area (Å²) in [6.07, 6.45) is 8.43. The predicted octanol–water partition coefficient (Wildman–Crippen LogP) is 5.42. The molecule has 0 aliphatic rings. The summed E-state index contributed by atoms with van der Waals surface area (Å²) in [5, 5.41) is 0. The van der Waals surface area contributed by atoms with Crippen LogP contribution in [0.1, 0.15) is 44.6 Å². The first kappa shape index (κ1) is 18.2. The molecular weight excluding hydrogens is 326 g/mol. The molecule has 0 spiro atoms. The second-order valence-corrected chi connectivity index (χ2v) is 6.37. The van der Waals surface area contributed by atoms with Crippen LogP contribution in [0.2, 0.25) is 0 Å². The standard InChI is InChI=1S/C18H28BrNO/c1-4-6-7-8-9-12-20(3)15-16-10-11-18(17(19)14-16)21-13-5-2/h5,10-11,14H,2,4,6-9,12-13,15H2,1,3H3. The van der Waals surface area contributed by atoms with E-state index in [0.717, 1.165) is 23.3 Å².